The van der Waals surface area contributed by atoms with Gasteiger partial charge in [0.25, 0.3) is 0 Å². The molecule has 1 fully saturated rings. The number of anilines is 1. The number of urea groups is 1. The lowest BCUT2D eigenvalue weighted by molar-refractivity contribution is 0.126. The number of nitrogens with one attached hydrogen (secondary N) is 1. The summed E-state index contributed by atoms with van der Waals surface area (Å²) in [6, 6.07) is 5.81. The van der Waals surface area contributed by atoms with Gasteiger partial charge in [0, 0.05) is 39.8 Å². The molecule has 1 aromatic carbocycles. The second-order valence-corrected chi connectivity index (χ2v) is 7.41. The van der Waals surface area contributed by atoms with Crippen molar-refractivity contribution in [3.05, 3.63) is 47.5 Å². The number of rotatable bonds is 5. The standard InChI is InChI=1S/C20H27F2N5O/c1-25(2)19-23-12-15(26(19)3)13-24-20(28)27-10-8-14(9-11-27)18(22)16-6-4-5-7-17(16)21/h4-7,12,14,18H,8-11,13H2,1-3H3,(H,24,28). The topological polar surface area (TPSA) is 53.4 Å². The molecule has 0 aliphatic carbocycles. The lowest BCUT2D eigenvalue weighted by atomic mass is 9.88. The summed E-state index contributed by atoms with van der Waals surface area (Å²) in [5.41, 5.74) is 1.01. The van der Waals surface area contributed by atoms with E-state index in [2.05, 4.69) is 10.3 Å². The van der Waals surface area contributed by atoms with E-state index in [0.717, 1.165) is 11.6 Å². The van der Waals surface area contributed by atoms with Crippen molar-refractivity contribution in [2.24, 2.45) is 13.0 Å². The van der Waals surface area contributed by atoms with Crippen LogP contribution in [0.5, 0.6) is 0 Å². The summed E-state index contributed by atoms with van der Waals surface area (Å²) in [5.74, 6) is 0.0244. The molecule has 1 N–H and O–H groups in total. The van der Waals surface area contributed by atoms with Crippen LogP contribution in [0.3, 0.4) is 0 Å². The van der Waals surface area contributed by atoms with Gasteiger partial charge in [0.05, 0.1) is 18.4 Å². The largest absolute Gasteiger partial charge is 0.348 e. The number of alkyl halides is 1. The molecule has 2 amide bonds. The predicted octanol–water partition coefficient (Wildman–Crippen LogP) is 3.26. The normalized spacial score (nSPS) is 16.1. The number of amides is 2. The van der Waals surface area contributed by atoms with Gasteiger partial charge in [0.15, 0.2) is 0 Å². The minimum absolute atomic E-state index is 0.110. The molecule has 1 unspecified atom stereocenters. The molecule has 1 aliphatic rings. The Kier molecular flexibility index (Phi) is 6.16. The van der Waals surface area contributed by atoms with Crippen molar-refractivity contribution in [2.45, 2.75) is 25.6 Å². The van der Waals surface area contributed by atoms with Crippen molar-refractivity contribution in [1.29, 1.82) is 0 Å². The number of nitrogens with zero attached hydrogens (tertiary/aromatic N) is 4. The van der Waals surface area contributed by atoms with Crippen LogP contribution in [0.1, 0.15) is 30.3 Å². The van der Waals surface area contributed by atoms with E-state index < -0.39 is 12.0 Å². The molecule has 1 saturated heterocycles. The zero-order valence-electron chi connectivity index (χ0n) is 16.5. The van der Waals surface area contributed by atoms with Crippen molar-refractivity contribution < 1.29 is 13.6 Å². The number of hydrogen-bond acceptors (Lipinski definition) is 3. The summed E-state index contributed by atoms with van der Waals surface area (Å²) in [6.07, 6.45) is 1.42. The molecule has 0 saturated carbocycles. The zero-order chi connectivity index (χ0) is 20.3. The molecule has 0 bridgehead atoms. The zero-order valence-corrected chi connectivity index (χ0v) is 16.5. The van der Waals surface area contributed by atoms with Crippen molar-refractivity contribution in [1.82, 2.24) is 19.8 Å². The monoisotopic (exact) mass is 391 g/mol. The van der Waals surface area contributed by atoms with E-state index in [9.17, 15) is 13.6 Å². The fourth-order valence-electron chi connectivity index (χ4n) is 3.64. The molecular formula is C20H27F2N5O. The molecule has 2 aromatic rings. The molecule has 1 atom stereocenters. The first-order chi connectivity index (χ1) is 13.4. The quantitative estimate of drug-likeness (QED) is 0.851. The van der Waals surface area contributed by atoms with Crippen LogP contribution in [-0.4, -0.2) is 47.7 Å². The second kappa shape index (κ2) is 8.58. The van der Waals surface area contributed by atoms with Crippen LogP contribution in [0.2, 0.25) is 0 Å². The first-order valence-corrected chi connectivity index (χ1v) is 9.47. The van der Waals surface area contributed by atoms with Gasteiger partial charge in [0.1, 0.15) is 12.0 Å². The Balaban J connectivity index is 1.51. The minimum atomic E-state index is -1.34. The highest BCUT2D eigenvalue weighted by Gasteiger charge is 2.30. The van der Waals surface area contributed by atoms with Gasteiger partial charge in [-0.3, -0.25) is 0 Å². The maximum atomic E-state index is 14.7. The highest BCUT2D eigenvalue weighted by Crippen LogP contribution is 2.35. The molecule has 6 nitrogen and oxygen atoms in total. The Morgan fingerprint density at radius 1 is 1.32 bits per heavy atom. The van der Waals surface area contributed by atoms with E-state index in [1.807, 2.05) is 30.6 Å². The predicted molar refractivity (Wildman–Crippen MR) is 104 cm³/mol. The summed E-state index contributed by atoms with van der Waals surface area (Å²) in [5, 5.41) is 2.90. The van der Waals surface area contributed by atoms with Gasteiger partial charge in [-0.2, -0.15) is 0 Å². The van der Waals surface area contributed by atoms with E-state index in [1.165, 1.54) is 12.1 Å². The number of imidazole rings is 1. The third-order valence-corrected chi connectivity index (χ3v) is 5.32. The van der Waals surface area contributed by atoms with Gasteiger partial charge >= 0.3 is 6.03 Å². The molecule has 0 radical (unpaired) electrons. The van der Waals surface area contributed by atoms with E-state index in [4.69, 9.17) is 0 Å². The highest BCUT2D eigenvalue weighted by molar-refractivity contribution is 5.74. The van der Waals surface area contributed by atoms with Crippen molar-refractivity contribution in [3.8, 4) is 0 Å². The van der Waals surface area contributed by atoms with Gasteiger partial charge in [-0.25, -0.2) is 18.6 Å². The molecule has 28 heavy (non-hydrogen) atoms. The molecule has 152 valence electrons. The van der Waals surface area contributed by atoms with Crippen molar-refractivity contribution in [2.75, 3.05) is 32.1 Å². The molecular weight excluding hydrogens is 364 g/mol. The third kappa shape index (κ3) is 4.26. The molecule has 2 heterocycles. The number of likely N-dealkylation sites (tertiary alicyclic amines) is 1. The first-order valence-electron chi connectivity index (χ1n) is 9.47. The number of halogens is 2. The van der Waals surface area contributed by atoms with Crippen LogP contribution >= 0.6 is 0 Å². The first kappa shape index (κ1) is 20.1. The van der Waals surface area contributed by atoms with Crippen LogP contribution in [0, 0.1) is 11.7 Å². The number of piperidine rings is 1. The minimum Gasteiger partial charge on any atom is -0.348 e. The fourth-order valence-corrected chi connectivity index (χ4v) is 3.64. The Morgan fingerprint density at radius 3 is 2.61 bits per heavy atom. The Morgan fingerprint density at radius 2 is 2.00 bits per heavy atom. The van der Waals surface area contributed by atoms with E-state index in [1.54, 1.807) is 23.2 Å². The van der Waals surface area contributed by atoms with Crippen LogP contribution in [0.15, 0.2) is 30.5 Å². The number of carbonyl (C=O) groups excluding carboxylic acids is 1. The van der Waals surface area contributed by atoms with Crippen LogP contribution in [-0.2, 0) is 13.6 Å². The number of hydrogen-bond donors (Lipinski definition) is 1. The van der Waals surface area contributed by atoms with Crippen LogP contribution < -0.4 is 10.2 Å². The fraction of sp³-hybridized carbons (Fsp3) is 0.500. The maximum absolute atomic E-state index is 14.7. The lowest BCUT2D eigenvalue weighted by Crippen LogP contribution is -2.44. The Labute approximate surface area is 164 Å². The molecule has 1 aromatic heterocycles. The third-order valence-electron chi connectivity index (χ3n) is 5.32. The summed E-state index contributed by atoms with van der Waals surface area (Å²) >= 11 is 0. The SMILES string of the molecule is CN(C)c1ncc(CNC(=O)N2CCC(C(F)c3ccccc3F)CC2)n1C. The Bertz CT molecular complexity index is 815. The van der Waals surface area contributed by atoms with Crippen LogP contribution in [0.25, 0.3) is 0 Å². The summed E-state index contributed by atoms with van der Waals surface area (Å²) in [6.45, 7) is 1.29. The highest BCUT2D eigenvalue weighted by atomic mass is 19.1. The molecule has 8 heteroatoms. The lowest BCUT2D eigenvalue weighted by Gasteiger charge is -2.33. The summed E-state index contributed by atoms with van der Waals surface area (Å²) in [7, 11) is 5.72. The van der Waals surface area contributed by atoms with Gasteiger partial charge in [-0.15, -0.1) is 0 Å². The number of carbonyl (C=O) groups is 1. The van der Waals surface area contributed by atoms with Crippen LogP contribution in [0.4, 0.5) is 19.5 Å². The van der Waals surface area contributed by atoms with Gasteiger partial charge in [-0.1, -0.05) is 18.2 Å². The Hall–Kier alpha value is -2.64. The average Bonchev–Trinajstić information content (AvgIpc) is 3.07. The number of aromatic nitrogens is 2. The molecule has 1 aliphatic heterocycles. The smallest absolute Gasteiger partial charge is 0.317 e. The summed E-state index contributed by atoms with van der Waals surface area (Å²) < 4.78 is 30.5. The van der Waals surface area contributed by atoms with Crippen molar-refractivity contribution in [3.63, 3.8) is 0 Å². The van der Waals surface area contributed by atoms with E-state index in [0.29, 0.717) is 32.5 Å². The van der Waals surface area contributed by atoms with Gasteiger partial charge in [-0.05, 0) is 24.8 Å². The average molecular weight is 391 g/mol. The molecule has 0 spiro atoms. The van der Waals surface area contributed by atoms with Gasteiger partial charge in [0.2, 0.25) is 5.95 Å². The van der Waals surface area contributed by atoms with E-state index in [-0.39, 0.29) is 17.5 Å². The second-order valence-electron chi connectivity index (χ2n) is 7.41. The van der Waals surface area contributed by atoms with Gasteiger partial charge < -0.3 is 19.7 Å². The maximum Gasteiger partial charge on any atom is 0.317 e. The van der Waals surface area contributed by atoms with Crippen molar-refractivity contribution >= 4 is 12.0 Å². The van der Waals surface area contributed by atoms with E-state index >= 15 is 0 Å². The molecule has 3 rings (SSSR count). The number of benzene rings is 1. The summed E-state index contributed by atoms with van der Waals surface area (Å²) in [4.78, 5) is 20.4.